The van der Waals surface area contributed by atoms with E-state index in [9.17, 15) is 4.79 Å². The van der Waals surface area contributed by atoms with E-state index in [1.807, 2.05) is 0 Å². The van der Waals surface area contributed by atoms with E-state index >= 15 is 0 Å². The fourth-order valence-electron chi connectivity index (χ4n) is 3.63. The quantitative estimate of drug-likeness (QED) is 0.792. The van der Waals surface area contributed by atoms with Gasteiger partial charge in [-0.15, -0.1) is 0 Å². The first kappa shape index (κ1) is 17.5. The molecule has 1 heterocycles. The molecule has 2 N–H and O–H groups in total. The lowest BCUT2D eigenvalue weighted by Gasteiger charge is -2.48. The van der Waals surface area contributed by atoms with Crippen molar-refractivity contribution >= 4 is 6.03 Å². The summed E-state index contributed by atoms with van der Waals surface area (Å²) in [6.45, 7) is 9.51. The molecule has 0 unspecified atom stereocenters. The van der Waals surface area contributed by atoms with Crippen LogP contribution in [0.4, 0.5) is 4.79 Å². The number of rotatable bonds is 6. The van der Waals surface area contributed by atoms with Gasteiger partial charge in [-0.1, -0.05) is 33.1 Å². The Morgan fingerprint density at radius 2 is 1.82 bits per heavy atom. The standard InChI is InChI=1S/C17H33N3O2/c1-15(2)6-9-18-16(21)19-14-17(7-4-3-5-8-17)20-10-12-22-13-11-20/h15H,3-14H2,1-2H3,(H2,18,19,21). The van der Waals surface area contributed by atoms with Crippen LogP contribution in [0.25, 0.3) is 0 Å². The zero-order chi connectivity index (χ0) is 15.8. The van der Waals surface area contributed by atoms with Gasteiger partial charge in [-0.05, 0) is 25.2 Å². The largest absolute Gasteiger partial charge is 0.379 e. The number of nitrogens with one attached hydrogen (secondary N) is 2. The van der Waals surface area contributed by atoms with Gasteiger partial charge in [0.25, 0.3) is 0 Å². The molecular formula is C17H33N3O2. The summed E-state index contributed by atoms with van der Waals surface area (Å²) in [7, 11) is 0. The van der Waals surface area contributed by atoms with Crippen molar-refractivity contribution in [3.05, 3.63) is 0 Å². The topological polar surface area (TPSA) is 53.6 Å². The van der Waals surface area contributed by atoms with Crippen molar-refractivity contribution in [2.24, 2.45) is 5.92 Å². The Labute approximate surface area is 135 Å². The zero-order valence-electron chi connectivity index (χ0n) is 14.3. The van der Waals surface area contributed by atoms with E-state index in [2.05, 4.69) is 29.4 Å². The number of carbonyl (C=O) groups excluding carboxylic acids is 1. The molecule has 5 nitrogen and oxygen atoms in total. The highest BCUT2D eigenvalue weighted by molar-refractivity contribution is 5.73. The molecule has 1 saturated carbocycles. The van der Waals surface area contributed by atoms with E-state index in [0.29, 0.717) is 5.92 Å². The fraction of sp³-hybridized carbons (Fsp3) is 0.941. The van der Waals surface area contributed by atoms with Crippen LogP contribution in [0.2, 0.25) is 0 Å². The Kier molecular flexibility index (Phi) is 6.96. The summed E-state index contributed by atoms with van der Waals surface area (Å²) in [5.74, 6) is 0.623. The molecule has 0 aromatic heterocycles. The minimum Gasteiger partial charge on any atom is -0.379 e. The molecule has 0 atom stereocenters. The van der Waals surface area contributed by atoms with E-state index in [1.54, 1.807) is 0 Å². The Bertz CT molecular complexity index is 335. The molecule has 0 spiro atoms. The van der Waals surface area contributed by atoms with E-state index in [0.717, 1.165) is 45.8 Å². The summed E-state index contributed by atoms with van der Waals surface area (Å²) in [4.78, 5) is 14.6. The van der Waals surface area contributed by atoms with Crippen molar-refractivity contribution in [1.29, 1.82) is 0 Å². The lowest BCUT2D eigenvalue weighted by Crippen LogP contribution is -2.60. The number of carbonyl (C=O) groups is 1. The second kappa shape index (κ2) is 8.73. The molecule has 0 aromatic rings. The molecule has 22 heavy (non-hydrogen) atoms. The number of hydrogen-bond donors (Lipinski definition) is 2. The van der Waals surface area contributed by atoms with E-state index in [-0.39, 0.29) is 11.6 Å². The number of urea groups is 1. The highest BCUT2D eigenvalue weighted by atomic mass is 16.5. The van der Waals surface area contributed by atoms with Gasteiger partial charge >= 0.3 is 6.03 Å². The summed E-state index contributed by atoms with van der Waals surface area (Å²) >= 11 is 0. The van der Waals surface area contributed by atoms with Crippen LogP contribution in [0.3, 0.4) is 0 Å². The third-order valence-corrected chi connectivity index (χ3v) is 5.05. The second-order valence-corrected chi connectivity index (χ2v) is 7.18. The van der Waals surface area contributed by atoms with Gasteiger partial charge in [0.2, 0.25) is 0 Å². The molecule has 1 saturated heterocycles. The first-order valence-electron chi connectivity index (χ1n) is 8.97. The summed E-state index contributed by atoms with van der Waals surface area (Å²) < 4.78 is 5.50. The number of amides is 2. The molecule has 1 aliphatic carbocycles. The second-order valence-electron chi connectivity index (χ2n) is 7.18. The maximum Gasteiger partial charge on any atom is 0.314 e. The third kappa shape index (κ3) is 5.13. The van der Waals surface area contributed by atoms with Gasteiger partial charge in [-0.2, -0.15) is 0 Å². The molecule has 2 amide bonds. The van der Waals surface area contributed by atoms with E-state index in [1.165, 1.54) is 32.1 Å². The van der Waals surface area contributed by atoms with Gasteiger partial charge in [0.05, 0.1) is 13.2 Å². The van der Waals surface area contributed by atoms with Crippen LogP contribution in [-0.2, 0) is 4.74 Å². The molecular weight excluding hydrogens is 278 g/mol. The number of morpholine rings is 1. The molecule has 0 radical (unpaired) electrons. The van der Waals surface area contributed by atoms with Crippen molar-refractivity contribution < 1.29 is 9.53 Å². The van der Waals surface area contributed by atoms with Crippen molar-refractivity contribution in [3.63, 3.8) is 0 Å². The summed E-state index contributed by atoms with van der Waals surface area (Å²) in [5.41, 5.74) is 0.150. The van der Waals surface area contributed by atoms with Gasteiger partial charge in [-0.3, -0.25) is 4.90 Å². The fourth-order valence-corrected chi connectivity index (χ4v) is 3.63. The average molecular weight is 311 g/mol. The normalized spacial score (nSPS) is 22.5. The SMILES string of the molecule is CC(C)CCNC(=O)NCC1(N2CCOCC2)CCCCC1. The van der Waals surface area contributed by atoms with Crippen LogP contribution in [0, 0.1) is 5.92 Å². The predicted molar refractivity (Wildman–Crippen MR) is 89.1 cm³/mol. The third-order valence-electron chi connectivity index (χ3n) is 5.05. The molecule has 5 heteroatoms. The van der Waals surface area contributed by atoms with Crippen molar-refractivity contribution in [3.8, 4) is 0 Å². The van der Waals surface area contributed by atoms with E-state index in [4.69, 9.17) is 4.74 Å². The molecule has 0 aromatic carbocycles. The monoisotopic (exact) mass is 311 g/mol. The smallest absolute Gasteiger partial charge is 0.314 e. The summed E-state index contributed by atoms with van der Waals surface area (Å²) in [6.07, 6.45) is 7.29. The Morgan fingerprint density at radius 3 is 2.45 bits per heavy atom. The van der Waals surface area contributed by atoms with Gasteiger partial charge in [0, 0.05) is 31.7 Å². The molecule has 1 aliphatic heterocycles. The van der Waals surface area contributed by atoms with Gasteiger partial charge in [0.15, 0.2) is 0 Å². The Balaban J connectivity index is 1.83. The number of hydrogen-bond acceptors (Lipinski definition) is 3. The molecule has 2 aliphatic rings. The van der Waals surface area contributed by atoms with E-state index < -0.39 is 0 Å². The van der Waals surface area contributed by atoms with Gasteiger partial charge < -0.3 is 15.4 Å². The molecule has 2 fully saturated rings. The zero-order valence-corrected chi connectivity index (χ0v) is 14.3. The van der Waals surface area contributed by atoms with Crippen molar-refractivity contribution in [2.45, 2.75) is 57.9 Å². The highest BCUT2D eigenvalue weighted by Gasteiger charge is 2.38. The minimum atomic E-state index is -0.0149. The summed E-state index contributed by atoms with van der Waals surface area (Å²) in [5, 5.41) is 6.11. The Morgan fingerprint density at radius 1 is 1.14 bits per heavy atom. The van der Waals surface area contributed by atoms with Crippen LogP contribution < -0.4 is 10.6 Å². The highest BCUT2D eigenvalue weighted by Crippen LogP contribution is 2.33. The first-order chi connectivity index (χ1) is 10.6. The maximum absolute atomic E-state index is 12.0. The van der Waals surface area contributed by atoms with Crippen LogP contribution >= 0.6 is 0 Å². The molecule has 2 rings (SSSR count). The Hall–Kier alpha value is -0.810. The summed E-state index contributed by atoms with van der Waals surface area (Å²) in [6, 6.07) is -0.0149. The molecule has 0 bridgehead atoms. The van der Waals surface area contributed by atoms with Crippen molar-refractivity contribution in [1.82, 2.24) is 15.5 Å². The molecule has 128 valence electrons. The lowest BCUT2D eigenvalue weighted by molar-refractivity contribution is -0.0357. The number of ether oxygens (including phenoxy) is 1. The van der Waals surface area contributed by atoms with Crippen LogP contribution in [0.5, 0.6) is 0 Å². The van der Waals surface area contributed by atoms with Crippen LogP contribution in [0.1, 0.15) is 52.4 Å². The first-order valence-corrected chi connectivity index (χ1v) is 8.97. The minimum absolute atomic E-state index is 0.0149. The van der Waals surface area contributed by atoms with Crippen molar-refractivity contribution in [2.75, 3.05) is 39.4 Å². The number of nitrogens with zero attached hydrogens (tertiary/aromatic N) is 1. The average Bonchev–Trinajstić information content (AvgIpc) is 2.54. The maximum atomic E-state index is 12.0. The lowest BCUT2D eigenvalue weighted by atomic mass is 9.80. The van der Waals surface area contributed by atoms with Gasteiger partial charge in [-0.25, -0.2) is 4.79 Å². The van der Waals surface area contributed by atoms with Crippen LogP contribution in [0.15, 0.2) is 0 Å². The van der Waals surface area contributed by atoms with Crippen LogP contribution in [-0.4, -0.2) is 55.9 Å². The predicted octanol–water partition coefficient (Wildman–Crippen LogP) is 2.37. The van der Waals surface area contributed by atoms with Gasteiger partial charge in [0.1, 0.15) is 0 Å².